The molecule has 4 rings (SSSR count). The highest BCUT2D eigenvalue weighted by Crippen LogP contribution is 2.33. The summed E-state index contributed by atoms with van der Waals surface area (Å²) in [5.41, 5.74) is -0.460. The Bertz CT molecular complexity index is 1010. The summed E-state index contributed by atoms with van der Waals surface area (Å²) in [6.45, 7) is 1.17. The van der Waals surface area contributed by atoms with Crippen LogP contribution in [0, 0.1) is 0 Å². The summed E-state index contributed by atoms with van der Waals surface area (Å²) in [5, 5.41) is 4.26. The molecule has 0 saturated carbocycles. The van der Waals surface area contributed by atoms with Crippen molar-refractivity contribution >= 4 is 23.2 Å². The van der Waals surface area contributed by atoms with Crippen LogP contribution in [0.1, 0.15) is 28.9 Å². The Labute approximate surface area is 157 Å². The molecule has 140 valence electrons. The van der Waals surface area contributed by atoms with E-state index in [2.05, 4.69) is 10.1 Å². The summed E-state index contributed by atoms with van der Waals surface area (Å²) in [4.78, 5) is 18.6. The fourth-order valence-corrected chi connectivity index (χ4v) is 3.30. The van der Waals surface area contributed by atoms with E-state index in [-0.39, 0.29) is 22.8 Å². The quantitative estimate of drug-likeness (QED) is 0.651. The van der Waals surface area contributed by atoms with Gasteiger partial charge >= 0.3 is 6.18 Å². The molecule has 3 heterocycles. The molecule has 1 saturated heterocycles. The van der Waals surface area contributed by atoms with Crippen LogP contribution in [-0.4, -0.2) is 38.5 Å². The molecule has 0 aliphatic carbocycles. The molecule has 0 bridgehead atoms. The molecule has 2 aromatic heterocycles. The summed E-state index contributed by atoms with van der Waals surface area (Å²) >= 11 is 5.86. The second-order valence-corrected chi connectivity index (χ2v) is 6.76. The number of alkyl halides is 3. The van der Waals surface area contributed by atoms with Crippen molar-refractivity contribution in [2.75, 3.05) is 13.1 Å². The van der Waals surface area contributed by atoms with Crippen LogP contribution in [0.4, 0.5) is 13.2 Å². The normalized spacial score (nSPS) is 14.9. The first kappa shape index (κ1) is 17.8. The number of fused-ring (bicyclic) bond motifs is 1. The molecule has 3 aromatic rings. The van der Waals surface area contributed by atoms with Gasteiger partial charge in [0.1, 0.15) is 5.56 Å². The summed E-state index contributed by atoms with van der Waals surface area (Å²) < 4.78 is 41.4. The smallest absolute Gasteiger partial charge is 0.338 e. The van der Waals surface area contributed by atoms with Crippen molar-refractivity contribution < 1.29 is 18.0 Å². The molecule has 0 atom stereocenters. The average molecular weight is 395 g/mol. The third-order valence-electron chi connectivity index (χ3n) is 4.53. The second kappa shape index (κ2) is 6.53. The van der Waals surface area contributed by atoms with E-state index in [1.807, 2.05) is 0 Å². The van der Waals surface area contributed by atoms with Gasteiger partial charge in [-0.1, -0.05) is 23.7 Å². The van der Waals surface area contributed by atoms with Crippen molar-refractivity contribution in [1.29, 1.82) is 0 Å². The van der Waals surface area contributed by atoms with Gasteiger partial charge in [-0.25, -0.2) is 9.50 Å². The van der Waals surface area contributed by atoms with E-state index in [0.717, 1.165) is 25.1 Å². The highest BCUT2D eigenvalue weighted by Gasteiger charge is 2.36. The van der Waals surface area contributed by atoms with Crippen LogP contribution >= 0.6 is 11.6 Å². The number of likely N-dealkylation sites (tertiary alicyclic amines) is 1. The monoisotopic (exact) mass is 394 g/mol. The number of hydrogen-bond donors (Lipinski definition) is 0. The first-order valence-corrected chi connectivity index (χ1v) is 8.73. The molecule has 27 heavy (non-hydrogen) atoms. The minimum absolute atomic E-state index is 0.0678. The van der Waals surface area contributed by atoms with Crippen molar-refractivity contribution in [2.24, 2.45) is 0 Å². The maximum Gasteiger partial charge on any atom is 0.433 e. The molecular formula is C18H14ClF3N4O. The highest BCUT2D eigenvalue weighted by atomic mass is 35.5. The molecule has 5 nitrogen and oxygen atoms in total. The Morgan fingerprint density at radius 1 is 1.11 bits per heavy atom. The minimum Gasteiger partial charge on any atom is -0.338 e. The molecule has 1 aliphatic heterocycles. The zero-order chi connectivity index (χ0) is 19.2. The Kier molecular flexibility index (Phi) is 4.30. The van der Waals surface area contributed by atoms with Crippen molar-refractivity contribution in [3.8, 4) is 11.3 Å². The first-order chi connectivity index (χ1) is 12.8. The van der Waals surface area contributed by atoms with Gasteiger partial charge in [0.25, 0.3) is 5.91 Å². The zero-order valence-electron chi connectivity index (χ0n) is 14.0. The Balaban J connectivity index is 1.91. The van der Waals surface area contributed by atoms with Crippen LogP contribution in [0.3, 0.4) is 0 Å². The minimum atomic E-state index is -4.65. The zero-order valence-corrected chi connectivity index (χ0v) is 14.8. The lowest BCUT2D eigenvalue weighted by Crippen LogP contribution is -2.27. The maximum atomic E-state index is 13.6. The fraction of sp³-hybridized carbons (Fsp3) is 0.278. The van der Waals surface area contributed by atoms with E-state index >= 15 is 0 Å². The van der Waals surface area contributed by atoms with Gasteiger partial charge in [0, 0.05) is 23.7 Å². The lowest BCUT2D eigenvalue weighted by atomic mass is 10.1. The van der Waals surface area contributed by atoms with Crippen molar-refractivity contribution in [3.63, 3.8) is 0 Å². The van der Waals surface area contributed by atoms with E-state index in [1.165, 1.54) is 0 Å². The van der Waals surface area contributed by atoms with E-state index in [9.17, 15) is 18.0 Å². The molecule has 9 heteroatoms. The molecule has 0 spiro atoms. The lowest BCUT2D eigenvalue weighted by molar-refractivity contribution is -0.142. The Hall–Kier alpha value is -2.61. The van der Waals surface area contributed by atoms with Crippen LogP contribution in [0.25, 0.3) is 16.9 Å². The van der Waals surface area contributed by atoms with Gasteiger partial charge in [-0.2, -0.15) is 18.3 Å². The SMILES string of the molecule is O=C(c1cnn2c(C(F)(F)F)cc(-c3ccc(Cl)cc3)nc12)N1CCCC1. The van der Waals surface area contributed by atoms with Gasteiger partial charge in [0.2, 0.25) is 0 Å². The number of nitrogens with zero attached hydrogens (tertiary/aromatic N) is 4. The van der Waals surface area contributed by atoms with Crippen molar-refractivity contribution in [2.45, 2.75) is 19.0 Å². The Morgan fingerprint density at radius 2 is 1.78 bits per heavy atom. The van der Waals surface area contributed by atoms with Crippen LogP contribution in [-0.2, 0) is 6.18 Å². The van der Waals surface area contributed by atoms with Gasteiger partial charge < -0.3 is 4.90 Å². The van der Waals surface area contributed by atoms with E-state index < -0.39 is 11.9 Å². The number of carbonyl (C=O) groups excluding carboxylic acids is 1. The van der Waals surface area contributed by atoms with Gasteiger partial charge in [-0.05, 0) is 31.0 Å². The standard InChI is InChI=1S/C18H14ClF3N4O/c19-12-5-3-11(4-6-12)14-9-15(18(20,21)22)26-16(24-14)13(10-23-26)17(27)25-7-1-2-8-25/h3-6,9-10H,1-2,7-8H2. The largest absolute Gasteiger partial charge is 0.433 e. The second-order valence-electron chi connectivity index (χ2n) is 6.32. The molecule has 1 fully saturated rings. The summed E-state index contributed by atoms with van der Waals surface area (Å²) in [5.74, 6) is -0.351. The summed E-state index contributed by atoms with van der Waals surface area (Å²) in [6, 6.07) is 7.23. The number of amides is 1. The van der Waals surface area contributed by atoms with Crippen molar-refractivity contribution in [3.05, 3.63) is 52.8 Å². The maximum absolute atomic E-state index is 13.6. The van der Waals surface area contributed by atoms with Gasteiger partial charge in [0.05, 0.1) is 11.9 Å². The molecule has 0 N–H and O–H groups in total. The number of hydrogen-bond acceptors (Lipinski definition) is 3. The fourth-order valence-electron chi connectivity index (χ4n) is 3.17. The predicted molar refractivity (Wildman–Crippen MR) is 93.6 cm³/mol. The molecular weight excluding hydrogens is 381 g/mol. The van der Waals surface area contributed by atoms with Gasteiger partial charge in [-0.15, -0.1) is 0 Å². The van der Waals surface area contributed by atoms with Crippen LogP contribution in [0.2, 0.25) is 5.02 Å². The number of carbonyl (C=O) groups is 1. The van der Waals surface area contributed by atoms with Gasteiger partial charge in [-0.3, -0.25) is 4.79 Å². The van der Waals surface area contributed by atoms with E-state index in [0.29, 0.717) is 28.2 Å². The lowest BCUT2D eigenvalue weighted by Gasteiger charge is -2.15. The number of halogens is 4. The molecule has 0 radical (unpaired) electrons. The third kappa shape index (κ3) is 3.25. The van der Waals surface area contributed by atoms with Crippen LogP contribution < -0.4 is 0 Å². The number of benzene rings is 1. The number of rotatable bonds is 2. The van der Waals surface area contributed by atoms with Crippen molar-refractivity contribution in [1.82, 2.24) is 19.5 Å². The summed E-state index contributed by atoms with van der Waals surface area (Å²) in [6.07, 6.45) is -1.74. The molecule has 1 aromatic carbocycles. The molecule has 1 amide bonds. The average Bonchev–Trinajstić information content (AvgIpc) is 3.30. The molecule has 0 unspecified atom stereocenters. The van der Waals surface area contributed by atoms with Gasteiger partial charge in [0.15, 0.2) is 11.3 Å². The highest BCUT2D eigenvalue weighted by molar-refractivity contribution is 6.30. The number of aromatic nitrogens is 3. The topological polar surface area (TPSA) is 50.5 Å². The van der Waals surface area contributed by atoms with E-state index in [4.69, 9.17) is 11.6 Å². The first-order valence-electron chi connectivity index (χ1n) is 8.36. The van der Waals surface area contributed by atoms with Crippen LogP contribution in [0.15, 0.2) is 36.5 Å². The van der Waals surface area contributed by atoms with Crippen LogP contribution in [0.5, 0.6) is 0 Å². The third-order valence-corrected chi connectivity index (χ3v) is 4.78. The predicted octanol–water partition coefficient (Wildman–Crippen LogP) is 4.30. The molecule has 1 aliphatic rings. The van der Waals surface area contributed by atoms with E-state index in [1.54, 1.807) is 29.2 Å². The summed E-state index contributed by atoms with van der Waals surface area (Å²) in [7, 11) is 0. The Morgan fingerprint density at radius 3 is 2.41 bits per heavy atom.